The van der Waals surface area contributed by atoms with Gasteiger partial charge < -0.3 is 5.32 Å². The smallest absolute Gasteiger partial charge is 0.322 e. The zero-order valence-electron chi connectivity index (χ0n) is 12.8. The van der Waals surface area contributed by atoms with Gasteiger partial charge in [0.25, 0.3) is 5.91 Å². The van der Waals surface area contributed by atoms with Crippen molar-refractivity contribution >= 4 is 39.1 Å². The van der Waals surface area contributed by atoms with E-state index < -0.39 is 23.3 Å². The lowest BCUT2D eigenvalue weighted by Gasteiger charge is -2.12. The topological polar surface area (TPSA) is 59.8 Å². The molecule has 0 aliphatic heterocycles. The van der Waals surface area contributed by atoms with Gasteiger partial charge in [0.1, 0.15) is 0 Å². The molecule has 0 aliphatic carbocycles. The minimum Gasteiger partial charge on any atom is -0.322 e. The van der Waals surface area contributed by atoms with E-state index in [0.29, 0.717) is 14.2 Å². The molecule has 1 aromatic carbocycles. The summed E-state index contributed by atoms with van der Waals surface area (Å²) in [6, 6.07) is 8.93. The molecule has 26 heavy (non-hydrogen) atoms. The highest BCUT2D eigenvalue weighted by Gasteiger charge is 2.40. The maximum absolute atomic E-state index is 13.5. The van der Waals surface area contributed by atoms with Crippen LogP contribution in [0.2, 0.25) is 5.02 Å². The van der Waals surface area contributed by atoms with Crippen molar-refractivity contribution in [3.05, 3.63) is 69.5 Å². The van der Waals surface area contributed by atoms with Crippen LogP contribution in [0.3, 0.4) is 0 Å². The predicted octanol–water partition coefficient (Wildman–Crippen LogP) is 4.95. The molecule has 10 heteroatoms. The Balaban J connectivity index is 2.00. The number of hydrogen-bond donors (Lipinski definition) is 1. The number of halogens is 5. The average molecular weight is 446 g/mol. The standard InChI is InChI=1S/C16H9BrClF3N4O/c17-11-5-4-9(7-12(11)18)24-15(26)10-8-23-25(14(10)16(19,20)21)13-3-1-2-6-22-13/h1-8H,(H,24,26). The van der Waals surface area contributed by atoms with Gasteiger partial charge in [0.2, 0.25) is 0 Å². The van der Waals surface area contributed by atoms with Crippen molar-refractivity contribution in [2.24, 2.45) is 0 Å². The van der Waals surface area contributed by atoms with Crippen LogP contribution < -0.4 is 5.32 Å². The van der Waals surface area contributed by atoms with Crippen LogP contribution >= 0.6 is 27.5 Å². The molecule has 3 aromatic rings. The van der Waals surface area contributed by atoms with Crippen LogP contribution in [-0.2, 0) is 6.18 Å². The molecule has 0 bridgehead atoms. The lowest BCUT2D eigenvalue weighted by molar-refractivity contribution is -0.143. The molecule has 134 valence electrons. The summed E-state index contributed by atoms with van der Waals surface area (Å²) in [5, 5.41) is 6.38. The fourth-order valence-electron chi connectivity index (χ4n) is 2.21. The lowest BCUT2D eigenvalue weighted by Crippen LogP contribution is -2.21. The van der Waals surface area contributed by atoms with E-state index in [1.165, 1.54) is 30.5 Å². The number of nitrogens with one attached hydrogen (secondary N) is 1. The van der Waals surface area contributed by atoms with Gasteiger partial charge in [-0.05, 0) is 46.3 Å². The van der Waals surface area contributed by atoms with Crippen molar-refractivity contribution in [2.45, 2.75) is 6.18 Å². The van der Waals surface area contributed by atoms with Crippen molar-refractivity contribution in [3.63, 3.8) is 0 Å². The number of carbonyl (C=O) groups is 1. The third kappa shape index (κ3) is 3.73. The zero-order chi connectivity index (χ0) is 18.9. The molecular weight excluding hydrogens is 437 g/mol. The summed E-state index contributed by atoms with van der Waals surface area (Å²) >= 11 is 9.12. The number of nitrogens with zero attached hydrogens (tertiary/aromatic N) is 3. The second kappa shape index (κ2) is 7.08. The van der Waals surface area contributed by atoms with Gasteiger partial charge in [-0.3, -0.25) is 4.79 Å². The minimum atomic E-state index is -4.81. The van der Waals surface area contributed by atoms with E-state index in [1.54, 1.807) is 12.1 Å². The highest BCUT2D eigenvalue weighted by Crippen LogP contribution is 2.34. The SMILES string of the molecule is O=C(Nc1ccc(Br)c(Cl)c1)c1cnn(-c2ccccn2)c1C(F)(F)F. The Morgan fingerprint density at radius 3 is 2.62 bits per heavy atom. The normalized spacial score (nSPS) is 11.4. The van der Waals surface area contributed by atoms with Crippen LogP contribution in [0, 0.1) is 0 Å². The van der Waals surface area contributed by atoms with Crippen LogP contribution in [0.5, 0.6) is 0 Å². The molecule has 0 saturated heterocycles. The number of hydrogen-bond acceptors (Lipinski definition) is 3. The van der Waals surface area contributed by atoms with Crippen LogP contribution in [0.4, 0.5) is 18.9 Å². The first-order chi connectivity index (χ1) is 12.3. The first kappa shape index (κ1) is 18.4. The van der Waals surface area contributed by atoms with Crippen molar-refractivity contribution in [1.29, 1.82) is 0 Å². The number of carbonyl (C=O) groups excluding carboxylic acids is 1. The third-order valence-electron chi connectivity index (χ3n) is 3.33. The van der Waals surface area contributed by atoms with Gasteiger partial charge >= 0.3 is 6.18 Å². The fourth-order valence-corrected chi connectivity index (χ4v) is 2.64. The van der Waals surface area contributed by atoms with E-state index in [-0.39, 0.29) is 11.5 Å². The molecule has 0 radical (unpaired) electrons. The number of anilines is 1. The average Bonchev–Trinajstić information content (AvgIpc) is 3.04. The van der Waals surface area contributed by atoms with Gasteiger partial charge in [-0.25, -0.2) is 9.67 Å². The Labute approximate surface area is 158 Å². The van der Waals surface area contributed by atoms with Gasteiger partial charge in [0.05, 0.1) is 16.8 Å². The van der Waals surface area contributed by atoms with Gasteiger partial charge in [-0.1, -0.05) is 17.7 Å². The highest BCUT2D eigenvalue weighted by atomic mass is 79.9. The second-order valence-corrected chi connectivity index (χ2v) is 6.35. The third-order valence-corrected chi connectivity index (χ3v) is 4.56. The number of aromatic nitrogens is 3. The van der Waals surface area contributed by atoms with Gasteiger partial charge in [0.15, 0.2) is 11.5 Å². The molecule has 0 unspecified atom stereocenters. The van der Waals surface area contributed by atoms with Crippen molar-refractivity contribution in [2.75, 3.05) is 5.32 Å². The fraction of sp³-hybridized carbons (Fsp3) is 0.0625. The molecule has 2 heterocycles. The summed E-state index contributed by atoms with van der Waals surface area (Å²) in [5.74, 6) is -1.01. The van der Waals surface area contributed by atoms with E-state index in [9.17, 15) is 18.0 Å². The summed E-state index contributed by atoms with van der Waals surface area (Å²) in [7, 11) is 0. The van der Waals surface area contributed by atoms with Crippen LogP contribution in [0.25, 0.3) is 5.82 Å². The van der Waals surface area contributed by atoms with Crippen molar-refractivity contribution in [1.82, 2.24) is 14.8 Å². The van der Waals surface area contributed by atoms with Crippen LogP contribution in [0.15, 0.2) is 53.3 Å². The number of benzene rings is 1. The molecule has 5 nitrogen and oxygen atoms in total. The van der Waals surface area contributed by atoms with Gasteiger partial charge in [-0.15, -0.1) is 0 Å². The molecule has 1 N–H and O–H groups in total. The summed E-state index contributed by atoms with van der Waals surface area (Å²) in [4.78, 5) is 16.2. The summed E-state index contributed by atoms with van der Waals surface area (Å²) < 4.78 is 41.8. The first-order valence-corrected chi connectivity index (χ1v) is 8.27. The van der Waals surface area contributed by atoms with E-state index in [4.69, 9.17) is 11.6 Å². The number of amides is 1. The van der Waals surface area contributed by atoms with E-state index in [2.05, 4.69) is 31.3 Å². The number of pyridine rings is 1. The Morgan fingerprint density at radius 2 is 2.00 bits per heavy atom. The molecule has 2 aromatic heterocycles. The highest BCUT2D eigenvalue weighted by molar-refractivity contribution is 9.10. The lowest BCUT2D eigenvalue weighted by atomic mass is 10.2. The molecule has 0 saturated carbocycles. The Kier molecular flexibility index (Phi) is 5.01. The molecule has 0 fully saturated rings. The van der Waals surface area contributed by atoms with Crippen LogP contribution in [0.1, 0.15) is 16.1 Å². The first-order valence-electron chi connectivity index (χ1n) is 7.10. The molecule has 3 rings (SSSR count). The van der Waals surface area contributed by atoms with Gasteiger partial charge in [0, 0.05) is 16.4 Å². The minimum absolute atomic E-state index is 0.0504. The molecule has 0 aliphatic rings. The number of rotatable bonds is 3. The monoisotopic (exact) mass is 444 g/mol. The Hall–Kier alpha value is -2.39. The van der Waals surface area contributed by atoms with E-state index in [1.807, 2.05) is 0 Å². The maximum Gasteiger partial charge on any atom is 0.434 e. The maximum atomic E-state index is 13.5. The summed E-state index contributed by atoms with van der Waals surface area (Å²) in [6.45, 7) is 0. The second-order valence-electron chi connectivity index (χ2n) is 5.09. The molecular formula is C16H9BrClF3N4O. The van der Waals surface area contributed by atoms with Crippen molar-refractivity contribution in [3.8, 4) is 5.82 Å². The van der Waals surface area contributed by atoms with E-state index >= 15 is 0 Å². The molecule has 1 amide bonds. The molecule has 0 spiro atoms. The zero-order valence-corrected chi connectivity index (χ0v) is 15.1. The largest absolute Gasteiger partial charge is 0.434 e. The van der Waals surface area contributed by atoms with Crippen LogP contribution in [-0.4, -0.2) is 20.7 Å². The Bertz CT molecular complexity index is 960. The number of alkyl halides is 3. The van der Waals surface area contributed by atoms with E-state index in [0.717, 1.165) is 6.20 Å². The summed E-state index contributed by atoms with van der Waals surface area (Å²) in [6.07, 6.45) is -2.62. The Morgan fingerprint density at radius 1 is 1.23 bits per heavy atom. The predicted molar refractivity (Wildman–Crippen MR) is 93.5 cm³/mol. The van der Waals surface area contributed by atoms with Crippen molar-refractivity contribution < 1.29 is 18.0 Å². The summed E-state index contributed by atoms with van der Waals surface area (Å²) in [5.41, 5.74) is -1.58. The van der Waals surface area contributed by atoms with Gasteiger partial charge in [-0.2, -0.15) is 18.3 Å². The molecule has 0 atom stereocenters. The quantitative estimate of drug-likeness (QED) is 0.620.